The van der Waals surface area contributed by atoms with Crippen LogP contribution in [0.1, 0.15) is 36.8 Å². The Bertz CT molecular complexity index is 659. The molecule has 0 N–H and O–H groups in total. The number of carbonyl (C=O) groups is 1. The quantitative estimate of drug-likeness (QED) is 0.849. The van der Waals surface area contributed by atoms with E-state index in [9.17, 15) is 4.79 Å². The number of nitrogens with zero attached hydrogens (tertiary/aromatic N) is 5. The van der Waals surface area contributed by atoms with Gasteiger partial charge in [-0.1, -0.05) is 0 Å². The molecular weight excluding hydrogens is 290 g/mol. The highest BCUT2D eigenvalue weighted by atomic mass is 16.2. The van der Waals surface area contributed by atoms with Crippen LogP contribution in [0.15, 0.2) is 24.8 Å². The molecule has 23 heavy (non-hydrogen) atoms. The summed E-state index contributed by atoms with van der Waals surface area (Å²) in [7, 11) is 0. The van der Waals surface area contributed by atoms with Gasteiger partial charge in [0.15, 0.2) is 0 Å². The van der Waals surface area contributed by atoms with E-state index in [1.54, 1.807) is 0 Å². The number of aromatic nitrogens is 4. The zero-order valence-electron chi connectivity index (χ0n) is 14.0. The van der Waals surface area contributed by atoms with Gasteiger partial charge in [0.25, 0.3) is 0 Å². The van der Waals surface area contributed by atoms with Crippen LogP contribution in [0.4, 0.5) is 0 Å². The monoisotopic (exact) mass is 315 g/mol. The molecule has 0 spiro atoms. The second-order valence-electron chi connectivity index (χ2n) is 6.51. The fourth-order valence-corrected chi connectivity index (χ4v) is 3.24. The molecule has 124 valence electrons. The molecule has 1 fully saturated rings. The van der Waals surface area contributed by atoms with Crippen molar-refractivity contribution in [2.45, 2.75) is 58.7 Å². The fourth-order valence-electron chi connectivity index (χ4n) is 3.24. The average Bonchev–Trinajstić information content (AvgIpc) is 3.14. The number of hydrogen-bond acceptors (Lipinski definition) is 3. The van der Waals surface area contributed by atoms with E-state index in [2.05, 4.69) is 15.1 Å². The number of piperidine rings is 1. The van der Waals surface area contributed by atoms with Crippen LogP contribution in [0.2, 0.25) is 0 Å². The van der Waals surface area contributed by atoms with Crippen molar-refractivity contribution in [2.75, 3.05) is 6.54 Å². The Labute approximate surface area is 137 Å². The van der Waals surface area contributed by atoms with E-state index in [-0.39, 0.29) is 11.9 Å². The van der Waals surface area contributed by atoms with E-state index in [0.29, 0.717) is 13.0 Å². The van der Waals surface area contributed by atoms with Gasteiger partial charge >= 0.3 is 0 Å². The van der Waals surface area contributed by atoms with Crippen molar-refractivity contribution in [3.05, 3.63) is 35.9 Å². The Balaban J connectivity index is 1.59. The number of carbonyl (C=O) groups excluding carboxylic acids is 1. The van der Waals surface area contributed by atoms with Crippen LogP contribution in [0.25, 0.3) is 0 Å². The second kappa shape index (κ2) is 6.98. The molecule has 0 aromatic carbocycles. The summed E-state index contributed by atoms with van der Waals surface area (Å²) in [5, 5.41) is 8.62. The van der Waals surface area contributed by atoms with Gasteiger partial charge in [-0.05, 0) is 44.2 Å². The van der Waals surface area contributed by atoms with Gasteiger partial charge < -0.3 is 4.90 Å². The van der Waals surface area contributed by atoms with Gasteiger partial charge in [0.05, 0.1) is 25.0 Å². The summed E-state index contributed by atoms with van der Waals surface area (Å²) in [6.07, 6.45) is 11.6. The SMILES string of the molecule is Cc1cnn(CCC(=O)N2CCCCC2Cn2cc(C)cn2)c1. The summed E-state index contributed by atoms with van der Waals surface area (Å²) in [5.41, 5.74) is 2.29. The van der Waals surface area contributed by atoms with Crippen LogP contribution in [-0.2, 0) is 17.9 Å². The minimum Gasteiger partial charge on any atom is -0.338 e. The Morgan fingerprint density at radius 2 is 1.83 bits per heavy atom. The average molecular weight is 315 g/mol. The first-order chi connectivity index (χ1) is 11.1. The van der Waals surface area contributed by atoms with Gasteiger partial charge in [0, 0.05) is 31.9 Å². The number of amides is 1. The first-order valence-electron chi connectivity index (χ1n) is 8.39. The van der Waals surface area contributed by atoms with Crippen LogP contribution >= 0.6 is 0 Å². The van der Waals surface area contributed by atoms with E-state index < -0.39 is 0 Å². The van der Waals surface area contributed by atoms with Gasteiger partial charge in [0.2, 0.25) is 5.91 Å². The lowest BCUT2D eigenvalue weighted by Gasteiger charge is -2.35. The molecule has 1 unspecified atom stereocenters. The van der Waals surface area contributed by atoms with Crippen molar-refractivity contribution in [3.63, 3.8) is 0 Å². The third-order valence-electron chi connectivity index (χ3n) is 4.42. The van der Waals surface area contributed by atoms with Gasteiger partial charge in [-0.2, -0.15) is 10.2 Å². The van der Waals surface area contributed by atoms with Crippen LogP contribution in [0.3, 0.4) is 0 Å². The number of rotatable bonds is 5. The maximum atomic E-state index is 12.6. The van der Waals surface area contributed by atoms with Crippen molar-refractivity contribution in [3.8, 4) is 0 Å². The Kier molecular flexibility index (Phi) is 4.79. The van der Waals surface area contributed by atoms with Crippen LogP contribution < -0.4 is 0 Å². The lowest BCUT2D eigenvalue weighted by atomic mass is 10.0. The first kappa shape index (κ1) is 15.8. The first-order valence-corrected chi connectivity index (χ1v) is 8.39. The van der Waals surface area contributed by atoms with E-state index in [0.717, 1.165) is 37.1 Å². The summed E-state index contributed by atoms with van der Waals surface area (Å²) < 4.78 is 3.81. The van der Waals surface area contributed by atoms with E-state index in [1.165, 1.54) is 6.42 Å². The highest BCUT2D eigenvalue weighted by Gasteiger charge is 2.26. The van der Waals surface area contributed by atoms with Crippen molar-refractivity contribution in [1.29, 1.82) is 0 Å². The van der Waals surface area contributed by atoms with Crippen LogP contribution in [0.5, 0.6) is 0 Å². The highest BCUT2D eigenvalue weighted by molar-refractivity contribution is 5.76. The number of aryl methyl sites for hydroxylation is 3. The predicted octanol–water partition coefficient (Wildman–Crippen LogP) is 2.17. The smallest absolute Gasteiger partial charge is 0.224 e. The molecule has 2 aromatic rings. The summed E-state index contributed by atoms with van der Waals surface area (Å²) in [4.78, 5) is 14.7. The molecule has 1 aliphatic heterocycles. The van der Waals surface area contributed by atoms with Crippen molar-refractivity contribution in [2.24, 2.45) is 0 Å². The maximum absolute atomic E-state index is 12.6. The largest absolute Gasteiger partial charge is 0.338 e. The molecule has 2 aromatic heterocycles. The number of likely N-dealkylation sites (tertiary alicyclic amines) is 1. The molecule has 6 heteroatoms. The van der Waals surface area contributed by atoms with Gasteiger partial charge in [-0.3, -0.25) is 14.2 Å². The van der Waals surface area contributed by atoms with E-state index >= 15 is 0 Å². The Hall–Kier alpha value is -2.11. The zero-order chi connectivity index (χ0) is 16.2. The zero-order valence-corrected chi connectivity index (χ0v) is 14.0. The molecule has 1 atom stereocenters. The van der Waals surface area contributed by atoms with Crippen LogP contribution in [0, 0.1) is 13.8 Å². The third kappa shape index (κ3) is 4.00. The van der Waals surface area contributed by atoms with Crippen molar-refractivity contribution < 1.29 is 4.79 Å². The van der Waals surface area contributed by atoms with Crippen molar-refractivity contribution in [1.82, 2.24) is 24.5 Å². The Morgan fingerprint density at radius 1 is 1.13 bits per heavy atom. The summed E-state index contributed by atoms with van der Waals surface area (Å²) in [5.74, 6) is 0.228. The topological polar surface area (TPSA) is 56.0 Å². The molecule has 0 bridgehead atoms. The third-order valence-corrected chi connectivity index (χ3v) is 4.42. The minimum absolute atomic E-state index is 0.228. The lowest BCUT2D eigenvalue weighted by molar-refractivity contribution is -0.135. The van der Waals surface area contributed by atoms with Gasteiger partial charge in [-0.25, -0.2) is 0 Å². The van der Waals surface area contributed by atoms with E-state index in [1.807, 2.05) is 48.0 Å². The summed E-state index contributed by atoms with van der Waals surface area (Å²) in [6.45, 7) is 6.36. The van der Waals surface area contributed by atoms with Gasteiger partial charge in [0.1, 0.15) is 0 Å². The molecule has 0 aliphatic carbocycles. The molecule has 0 saturated carbocycles. The standard InChI is InChI=1S/C17H25N5O/c1-14-9-18-20(11-14)8-6-17(23)22-7-4-3-5-16(22)13-21-12-15(2)10-19-21/h9-12,16H,3-8,13H2,1-2H3. The fraction of sp³-hybridized carbons (Fsp3) is 0.588. The predicted molar refractivity (Wildman–Crippen MR) is 87.9 cm³/mol. The summed E-state index contributed by atoms with van der Waals surface area (Å²) in [6, 6.07) is 0.259. The van der Waals surface area contributed by atoms with Gasteiger partial charge in [-0.15, -0.1) is 0 Å². The Morgan fingerprint density at radius 3 is 2.48 bits per heavy atom. The van der Waals surface area contributed by atoms with Crippen LogP contribution in [-0.4, -0.2) is 43.0 Å². The molecule has 1 amide bonds. The van der Waals surface area contributed by atoms with E-state index in [4.69, 9.17) is 0 Å². The molecule has 1 saturated heterocycles. The molecule has 0 radical (unpaired) electrons. The molecule has 3 rings (SSSR count). The minimum atomic E-state index is 0.228. The normalized spacial score (nSPS) is 18.3. The molecule has 3 heterocycles. The second-order valence-corrected chi connectivity index (χ2v) is 6.51. The molecule has 1 aliphatic rings. The lowest BCUT2D eigenvalue weighted by Crippen LogP contribution is -2.46. The molecular formula is C17H25N5O. The number of hydrogen-bond donors (Lipinski definition) is 0. The maximum Gasteiger partial charge on any atom is 0.224 e. The molecule has 6 nitrogen and oxygen atoms in total. The van der Waals surface area contributed by atoms with Crippen molar-refractivity contribution >= 4 is 5.91 Å². The highest BCUT2D eigenvalue weighted by Crippen LogP contribution is 2.19. The summed E-state index contributed by atoms with van der Waals surface area (Å²) >= 11 is 0.